The molecule has 2 bridgehead atoms. The Hall–Kier alpha value is -2.08. The number of phosphoric acid groups is 1. The van der Waals surface area contributed by atoms with E-state index in [-0.39, 0.29) is 19.3 Å². The molecule has 0 aromatic heterocycles. The fourth-order valence-corrected chi connectivity index (χ4v) is 8.75. The minimum atomic E-state index is -5.44. The number of unbranched alkanes of at least 4 members (excludes halogenated alkanes) is 11. The second kappa shape index (κ2) is 31.7. The predicted molar refractivity (Wildman–Crippen MR) is 231 cm³/mol. The molecule has 1 saturated carbocycles. The van der Waals surface area contributed by atoms with Crippen LogP contribution in [-0.4, -0.2) is 127 Å². The SMILES string of the molecule is CCCCCC/C=C\CCCCCCCC(=O)OC[C@@H]1COP(=O)(O)O[C@H]2[C@H](O)[C@@H](O)[C@H](O)[C@@H](CCCCCCC(=O)O1)C(=O)C[C@@H](O)[C@H](/C=C/[C@@H](O)CCCCC)[C@@H](O)[C@H]2O. The van der Waals surface area contributed by atoms with Gasteiger partial charge in [-0.1, -0.05) is 115 Å². The number of ketones is 1. The molecule has 1 heterocycles. The van der Waals surface area contributed by atoms with Crippen molar-refractivity contribution in [3.63, 3.8) is 0 Å². The number of phosphoric ester groups is 1. The number of hydrogen-bond acceptors (Lipinski definition) is 15. The third-order valence-corrected chi connectivity index (χ3v) is 12.6. The van der Waals surface area contributed by atoms with Gasteiger partial charge in [-0.05, 0) is 51.4 Å². The Kier molecular flexibility index (Phi) is 28.7. The largest absolute Gasteiger partial charge is 0.472 e. The second-order valence-electron chi connectivity index (χ2n) is 17.0. The van der Waals surface area contributed by atoms with E-state index in [1.54, 1.807) is 0 Å². The summed E-state index contributed by atoms with van der Waals surface area (Å²) in [5, 5.41) is 78.4. The molecule has 8 N–H and O–H groups in total. The zero-order chi connectivity index (χ0) is 45.9. The van der Waals surface area contributed by atoms with Gasteiger partial charge in [0.1, 0.15) is 36.8 Å². The smallest absolute Gasteiger partial charge is 0.462 e. The number of aliphatic hydroxyl groups is 7. The lowest BCUT2D eigenvalue weighted by molar-refractivity contribution is -0.166. The Morgan fingerprint density at radius 3 is 2.10 bits per heavy atom. The Bertz CT molecular complexity index is 1360. The van der Waals surface area contributed by atoms with Gasteiger partial charge in [0.25, 0.3) is 0 Å². The van der Waals surface area contributed by atoms with Crippen LogP contribution in [0.2, 0.25) is 0 Å². The zero-order valence-electron chi connectivity index (χ0n) is 37.1. The van der Waals surface area contributed by atoms with E-state index in [2.05, 4.69) is 19.1 Å². The molecule has 1 saturated heterocycles. The van der Waals surface area contributed by atoms with Crippen LogP contribution in [-0.2, 0) is 37.5 Å². The molecule has 1 unspecified atom stereocenters. The van der Waals surface area contributed by atoms with Crippen LogP contribution < -0.4 is 0 Å². The molecule has 360 valence electrons. The van der Waals surface area contributed by atoms with Crippen LogP contribution in [0.3, 0.4) is 0 Å². The van der Waals surface area contributed by atoms with Gasteiger partial charge in [0.2, 0.25) is 0 Å². The van der Waals surface area contributed by atoms with Gasteiger partial charge in [0.15, 0.2) is 6.10 Å². The molecule has 12 atom stereocenters. The van der Waals surface area contributed by atoms with E-state index in [9.17, 15) is 59.6 Å². The van der Waals surface area contributed by atoms with Gasteiger partial charge >= 0.3 is 19.8 Å². The molecule has 2 fully saturated rings. The predicted octanol–water partition coefficient (Wildman–Crippen LogP) is 5.42. The molecule has 0 radical (unpaired) electrons. The van der Waals surface area contributed by atoms with Crippen molar-refractivity contribution < 1.29 is 78.1 Å². The van der Waals surface area contributed by atoms with E-state index in [0.29, 0.717) is 44.9 Å². The van der Waals surface area contributed by atoms with E-state index in [4.69, 9.17) is 18.5 Å². The molecular weight excluding hydrogens is 827 g/mol. The lowest BCUT2D eigenvalue weighted by atomic mass is 9.83. The standard InChI is InChI=1S/C45H79O16P/c1-3-5-7-8-9-10-11-12-13-14-15-16-21-25-38(49)58-30-33-31-59-62(56,57)61-45-43(54)41(52)35(28-27-32(46)23-19-6-4-2)37(48)29-36(47)34(40(51)42(53)44(45)55)24-20-17-18-22-26-39(50)60-33/h10-11,27-28,32-35,37,40-46,48,51-55H,3-9,12-26,29-31H2,1-2H3,(H,56,57)/b11-10-,28-27+/t32-,33+,34-,35-,37+,40+,41+,42-,43+,44+,45+/m0/s1. The number of carbonyl (C=O) groups excluding carboxylic acids is 3. The topological polar surface area (TPSA) is 267 Å². The Balaban J connectivity index is 2.20. The minimum absolute atomic E-state index is 0.0276. The fraction of sp³-hybridized carbons (Fsp3) is 0.844. The molecule has 0 aromatic rings. The number of cyclic esters (lactones) is 1. The number of aliphatic hydroxyl groups excluding tert-OH is 7. The van der Waals surface area contributed by atoms with E-state index in [1.165, 1.54) is 37.8 Å². The monoisotopic (exact) mass is 907 g/mol. The van der Waals surface area contributed by atoms with Gasteiger partial charge in [-0.3, -0.25) is 23.4 Å². The van der Waals surface area contributed by atoms with Crippen molar-refractivity contribution in [2.24, 2.45) is 11.8 Å². The molecule has 2 aliphatic rings. The van der Waals surface area contributed by atoms with E-state index < -0.39 is 112 Å². The summed E-state index contributed by atoms with van der Waals surface area (Å²) in [5.41, 5.74) is 0. The maximum atomic E-state index is 13.6. The normalized spacial score (nSPS) is 32.0. The van der Waals surface area contributed by atoms with Crippen molar-refractivity contribution in [2.75, 3.05) is 13.2 Å². The van der Waals surface area contributed by atoms with Crippen LogP contribution in [0.15, 0.2) is 24.3 Å². The maximum absolute atomic E-state index is 13.6. The van der Waals surface area contributed by atoms with Gasteiger partial charge in [0, 0.05) is 31.1 Å². The molecule has 0 spiro atoms. The van der Waals surface area contributed by atoms with Gasteiger partial charge in [-0.15, -0.1) is 0 Å². The number of allylic oxidation sites excluding steroid dienone is 2. The molecule has 0 amide bonds. The quantitative estimate of drug-likeness (QED) is 0.0309. The molecule has 0 aromatic carbocycles. The number of carbonyl (C=O) groups is 3. The van der Waals surface area contributed by atoms with Gasteiger partial charge in [0.05, 0.1) is 31.0 Å². The Morgan fingerprint density at radius 1 is 0.790 bits per heavy atom. The van der Waals surface area contributed by atoms with E-state index >= 15 is 0 Å². The molecule has 17 heteroatoms. The van der Waals surface area contributed by atoms with E-state index in [1.807, 2.05) is 6.92 Å². The second-order valence-corrected chi connectivity index (χ2v) is 18.4. The molecular formula is C45H79O16P. The maximum Gasteiger partial charge on any atom is 0.472 e. The van der Waals surface area contributed by atoms with Crippen molar-refractivity contribution in [2.45, 2.75) is 216 Å². The average Bonchev–Trinajstić information content (AvgIpc) is 3.23. The Morgan fingerprint density at radius 2 is 1.40 bits per heavy atom. The highest BCUT2D eigenvalue weighted by atomic mass is 31.2. The van der Waals surface area contributed by atoms with Crippen LogP contribution in [0.25, 0.3) is 0 Å². The lowest BCUT2D eigenvalue weighted by Gasteiger charge is -2.36. The van der Waals surface area contributed by atoms with Crippen LogP contribution in [0, 0.1) is 11.8 Å². The minimum Gasteiger partial charge on any atom is -0.462 e. The number of esters is 2. The summed E-state index contributed by atoms with van der Waals surface area (Å²) in [6.07, 6.45) is 4.55. The summed E-state index contributed by atoms with van der Waals surface area (Å²) in [4.78, 5) is 49.9. The molecule has 62 heavy (non-hydrogen) atoms. The fourth-order valence-electron chi connectivity index (χ4n) is 7.78. The summed E-state index contributed by atoms with van der Waals surface area (Å²) in [7, 11) is -5.44. The highest BCUT2D eigenvalue weighted by Crippen LogP contribution is 2.47. The Labute approximate surface area is 368 Å². The first-order chi connectivity index (χ1) is 29.6. The number of rotatable bonds is 21. The van der Waals surface area contributed by atoms with Crippen molar-refractivity contribution in [1.29, 1.82) is 0 Å². The van der Waals surface area contributed by atoms with Crippen molar-refractivity contribution in [3.8, 4) is 0 Å². The number of Topliss-reactive ketones (excluding diaryl/α,β-unsaturated/α-hetero) is 1. The third-order valence-electron chi connectivity index (χ3n) is 11.7. The first-order valence-corrected chi connectivity index (χ1v) is 24.7. The zero-order valence-corrected chi connectivity index (χ0v) is 38.0. The highest BCUT2D eigenvalue weighted by Gasteiger charge is 2.49. The van der Waals surface area contributed by atoms with Crippen molar-refractivity contribution in [1.82, 2.24) is 0 Å². The highest BCUT2D eigenvalue weighted by molar-refractivity contribution is 7.47. The summed E-state index contributed by atoms with van der Waals surface area (Å²) < 4.78 is 34.6. The number of fused-ring (bicyclic) bond motifs is 4. The van der Waals surface area contributed by atoms with Gasteiger partial charge in [-0.2, -0.15) is 0 Å². The van der Waals surface area contributed by atoms with Crippen LogP contribution in [0.4, 0.5) is 0 Å². The molecule has 1 aliphatic heterocycles. The number of ether oxygens (including phenoxy) is 2. The van der Waals surface area contributed by atoms with Crippen LogP contribution in [0.1, 0.15) is 162 Å². The number of hydrogen-bond donors (Lipinski definition) is 8. The van der Waals surface area contributed by atoms with Crippen LogP contribution in [0.5, 0.6) is 0 Å². The van der Waals surface area contributed by atoms with Gasteiger partial charge < -0.3 is 50.1 Å². The molecule has 1 aliphatic carbocycles. The lowest BCUT2D eigenvalue weighted by Crippen LogP contribution is -2.55. The van der Waals surface area contributed by atoms with E-state index in [0.717, 1.165) is 51.4 Å². The van der Waals surface area contributed by atoms with Crippen LogP contribution >= 0.6 is 7.82 Å². The third kappa shape index (κ3) is 22.2. The molecule has 2 rings (SSSR count). The van der Waals surface area contributed by atoms with Gasteiger partial charge in [-0.25, -0.2) is 4.57 Å². The van der Waals surface area contributed by atoms with Crippen molar-refractivity contribution >= 4 is 25.5 Å². The summed E-state index contributed by atoms with van der Waals surface area (Å²) >= 11 is 0. The summed E-state index contributed by atoms with van der Waals surface area (Å²) in [6.45, 7) is 2.80. The first-order valence-electron chi connectivity index (χ1n) is 23.2. The summed E-state index contributed by atoms with van der Waals surface area (Å²) in [6, 6.07) is 0. The molecule has 16 nitrogen and oxygen atoms in total. The summed E-state index contributed by atoms with van der Waals surface area (Å²) in [5.74, 6) is -4.87. The average molecular weight is 907 g/mol. The van der Waals surface area contributed by atoms with Crippen molar-refractivity contribution in [3.05, 3.63) is 24.3 Å². The first kappa shape index (κ1) is 56.1.